The number of hydrogen-bond acceptors (Lipinski definition) is 7. The zero-order valence-electron chi connectivity index (χ0n) is 29.1. The maximum atomic E-state index is 14.0. The molecule has 0 saturated carbocycles. The number of para-hydroxylation sites is 1. The lowest BCUT2D eigenvalue weighted by Crippen LogP contribution is -2.30. The van der Waals surface area contributed by atoms with Crippen LogP contribution < -0.4 is 20.7 Å². The molecule has 0 aliphatic rings. The van der Waals surface area contributed by atoms with E-state index in [1.54, 1.807) is 43.5 Å². The van der Waals surface area contributed by atoms with Gasteiger partial charge < -0.3 is 20.7 Å². The van der Waals surface area contributed by atoms with Crippen LogP contribution in [0.15, 0.2) is 168 Å². The average Bonchev–Trinajstić information content (AvgIpc) is 3.68. The van der Waals surface area contributed by atoms with Crippen molar-refractivity contribution in [2.75, 3.05) is 17.7 Å². The maximum absolute atomic E-state index is 14.0. The number of rotatable bonds is 12. The first-order chi connectivity index (χ1) is 26.4. The Morgan fingerprint density at radius 3 is 2.28 bits per heavy atom. The largest absolute Gasteiger partial charge is 0.496 e. The number of carbonyl (C=O) groups excluding carboxylic acids is 3. The van der Waals surface area contributed by atoms with Crippen molar-refractivity contribution in [3.63, 3.8) is 0 Å². The van der Waals surface area contributed by atoms with Crippen LogP contribution >= 0.6 is 23.1 Å². The second-order valence-electron chi connectivity index (χ2n) is 12.1. The van der Waals surface area contributed by atoms with E-state index in [1.807, 2.05) is 127 Å². The SMILES string of the molecule is COc1ccccc1-c1csc(NC(=O)C(Sc2cccc(NC(=O)/C(=C\c3cccc4ccccc34)NC(=O)c3ccccc3)c2)c2ccccc2)n1. The van der Waals surface area contributed by atoms with E-state index in [0.29, 0.717) is 27.8 Å². The molecule has 0 bridgehead atoms. The minimum atomic E-state index is -0.636. The van der Waals surface area contributed by atoms with Crippen LogP contribution in [0.25, 0.3) is 28.1 Å². The fourth-order valence-corrected chi connectivity index (χ4v) is 7.64. The number of ether oxygens (including phenoxy) is 1. The van der Waals surface area contributed by atoms with Crippen molar-refractivity contribution in [2.45, 2.75) is 10.1 Å². The molecule has 54 heavy (non-hydrogen) atoms. The third-order valence-corrected chi connectivity index (χ3v) is 10.5. The summed E-state index contributed by atoms with van der Waals surface area (Å²) in [5, 5.41) is 12.5. The molecule has 1 heterocycles. The molecule has 3 N–H and O–H groups in total. The highest BCUT2D eigenvalue weighted by Crippen LogP contribution is 2.38. The number of nitrogens with one attached hydrogen (secondary N) is 3. The summed E-state index contributed by atoms with van der Waals surface area (Å²) >= 11 is 2.68. The highest BCUT2D eigenvalue weighted by molar-refractivity contribution is 8.00. The number of methoxy groups -OCH3 is 1. The van der Waals surface area contributed by atoms with E-state index in [4.69, 9.17) is 4.74 Å². The molecule has 1 atom stereocenters. The van der Waals surface area contributed by atoms with E-state index in [-0.39, 0.29) is 11.6 Å². The first-order valence-electron chi connectivity index (χ1n) is 17.0. The van der Waals surface area contributed by atoms with Crippen LogP contribution in [0.2, 0.25) is 0 Å². The van der Waals surface area contributed by atoms with E-state index in [0.717, 1.165) is 32.4 Å². The average molecular weight is 747 g/mol. The number of hydrogen-bond donors (Lipinski definition) is 3. The van der Waals surface area contributed by atoms with Crippen molar-refractivity contribution >= 4 is 68.5 Å². The Bertz CT molecular complexity index is 2460. The van der Waals surface area contributed by atoms with Gasteiger partial charge in [0.05, 0.1) is 12.8 Å². The Morgan fingerprint density at radius 2 is 1.46 bits per heavy atom. The second kappa shape index (κ2) is 16.9. The molecule has 1 unspecified atom stereocenters. The van der Waals surface area contributed by atoms with E-state index >= 15 is 0 Å². The van der Waals surface area contributed by atoms with Crippen molar-refractivity contribution in [1.29, 1.82) is 0 Å². The topological polar surface area (TPSA) is 109 Å². The predicted molar refractivity (Wildman–Crippen MR) is 219 cm³/mol. The molecule has 0 aliphatic carbocycles. The van der Waals surface area contributed by atoms with E-state index in [2.05, 4.69) is 20.9 Å². The molecular formula is C44H34N4O4S2. The highest BCUT2D eigenvalue weighted by atomic mass is 32.2. The lowest BCUT2D eigenvalue weighted by Gasteiger charge is -2.17. The van der Waals surface area contributed by atoms with Gasteiger partial charge in [-0.1, -0.05) is 109 Å². The number of aromatic nitrogens is 1. The second-order valence-corrected chi connectivity index (χ2v) is 14.1. The third kappa shape index (κ3) is 8.58. The molecule has 266 valence electrons. The number of amides is 3. The zero-order valence-corrected chi connectivity index (χ0v) is 30.7. The summed E-state index contributed by atoms with van der Waals surface area (Å²) in [7, 11) is 1.61. The summed E-state index contributed by atoms with van der Waals surface area (Å²) in [5.74, 6) is -0.458. The van der Waals surface area contributed by atoms with Gasteiger partial charge in [0.15, 0.2) is 5.13 Å². The smallest absolute Gasteiger partial charge is 0.272 e. The molecule has 0 saturated heterocycles. The molecule has 10 heteroatoms. The monoisotopic (exact) mass is 746 g/mol. The van der Waals surface area contributed by atoms with Crippen LogP contribution in [0.4, 0.5) is 10.8 Å². The molecule has 7 rings (SSSR count). The number of thiazole rings is 1. The summed E-state index contributed by atoms with van der Waals surface area (Å²) in [6.07, 6.45) is 1.69. The number of fused-ring (bicyclic) bond motifs is 1. The summed E-state index contributed by atoms with van der Waals surface area (Å²) in [6, 6.07) is 46.8. The van der Waals surface area contributed by atoms with E-state index in [9.17, 15) is 14.4 Å². The molecule has 6 aromatic carbocycles. The summed E-state index contributed by atoms with van der Waals surface area (Å²) < 4.78 is 5.50. The molecule has 8 nitrogen and oxygen atoms in total. The number of anilines is 2. The first kappa shape index (κ1) is 35.9. The molecular weight excluding hydrogens is 713 g/mol. The van der Waals surface area contributed by atoms with Gasteiger partial charge in [0.25, 0.3) is 11.8 Å². The molecule has 0 radical (unpaired) electrons. The molecule has 0 spiro atoms. The number of thioether (sulfide) groups is 1. The Hall–Kier alpha value is -6.49. The van der Waals surface area contributed by atoms with Crippen LogP contribution in [-0.4, -0.2) is 29.8 Å². The van der Waals surface area contributed by atoms with Gasteiger partial charge >= 0.3 is 0 Å². The minimum absolute atomic E-state index is 0.0794. The van der Waals surface area contributed by atoms with Gasteiger partial charge in [-0.05, 0) is 70.4 Å². The highest BCUT2D eigenvalue weighted by Gasteiger charge is 2.24. The number of benzene rings is 6. The van der Waals surface area contributed by atoms with Gasteiger partial charge in [0.1, 0.15) is 16.7 Å². The van der Waals surface area contributed by atoms with Crippen LogP contribution in [0.3, 0.4) is 0 Å². The number of carbonyl (C=O) groups is 3. The van der Waals surface area contributed by atoms with Crippen molar-refractivity contribution < 1.29 is 19.1 Å². The fourth-order valence-electron chi connectivity index (χ4n) is 5.84. The molecule has 1 aromatic heterocycles. The quantitative estimate of drug-likeness (QED) is 0.0849. The Balaban J connectivity index is 1.13. The lowest BCUT2D eigenvalue weighted by atomic mass is 10.0. The van der Waals surface area contributed by atoms with Gasteiger partial charge in [-0.25, -0.2) is 4.98 Å². The van der Waals surface area contributed by atoms with Crippen molar-refractivity contribution in [3.05, 3.63) is 179 Å². The fraction of sp³-hybridized carbons (Fsp3) is 0.0455. The predicted octanol–water partition coefficient (Wildman–Crippen LogP) is 9.85. The van der Waals surface area contributed by atoms with Crippen LogP contribution in [0.5, 0.6) is 5.75 Å². The van der Waals surface area contributed by atoms with Crippen LogP contribution in [0, 0.1) is 0 Å². The van der Waals surface area contributed by atoms with Crippen molar-refractivity contribution in [1.82, 2.24) is 10.3 Å². The van der Waals surface area contributed by atoms with E-state index < -0.39 is 17.1 Å². The van der Waals surface area contributed by atoms with Gasteiger partial charge in [-0.2, -0.15) is 0 Å². The Labute approximate surface area is 320 Å². The summed E-state index contributed by atoms with van der Waals surface area (Å²) in [6.45, 7) is 0. The van der Waals surface area contributed by atoms with Gasteiger partial charge in [-0.3, -0.25) is 14.4 Å². The number of nitrogens with zero attached hydrogens (tertiary/aromatic N) is 1. The lowest BCUT2D eigenvalue weighted by molar-refractivity contribution is -0.116. The zero-order chi connectivity index (χ0) is 37.3. The maximum Gasteiger partial charge on any atom is 0.272 e. The molecule has 0 fully saturated rings. The van der Waals surface area contributed by atoms with Gasteiger partial charge in [0.2, 0.25) is 5.91 Å². The van der Waals surface area contributed by atoms with Crippen LogP contribution in [0.1, 0.15) is 26.7 Å². The van der Waals surface area contributed by atoms with Gasteiger partial charge in [0, 0.05) is 27.1 Å². The standard InChI is InChI=1S/C44H34N4O4S2/c1-52-39-25-11-10-24-36(39)38-28-53-44(47-38)48-43(51)40(30-15-4-2-5-16-30)54-34-22-13-21-33(27-34)45-42(50)37(46-41(49)31-17-6-3-7-18-31)26-32-20-12-19-29-14-8-9-23-35(29)32/h2-28,40H,1H3,(H,45,50)(H,46,49)(H,47,48,51)/b37-26+. The summed E-state index contributed by atoms with van der Waals surface area (Å²) in [4.78, 5) is 46.6. The molecule has 0 aliphatic heterocycles. The first-order valence-corrected chi connectivity index (χ1v) is 18.8. The van der Waals surface area contributed by atoms with Gasteiger partial charge in [-0.15, -0.1) is 23.1 Å². The van der Waals surface area contributed by atoms with E-state index in [1.165, 1.54) is 23.1 Å². The van der Waals surface area contributed by atoms with Crippen molar-refractivity contribution in [3.8, 4) is 17.0 Å². The van der Waals surface area contributed by atoms with Crippen LogP contribution in [-0.2, 0) is 9.59 Å². The van der Waals surface area contributed by atoms with Crippen molar-refractivity contribution in [2.24, 2.45) is 0 Å². The Morgan fingerprint density at radius 1 is 0.759 bits per heavy atom. The Kier molecular flexibility index (Phi) is 11.2. The minimum Gasteiger partial charge on any atom is -0.496 e. The summed E-state index contributed by atoms with van der Waals surface area (Å²) in [5.41, 5.74) is 4.12. The normalized spacial score (nSPS) is 11.8. The molecule has 3 amide bonds. The molecule has 7 aromatic rings. The third-order valence-electron chi connectivity index (χ3n) is 8.46.